The number of sulfonamides is 1. The first kappa shape index (κ1) is 26.0. The van der Waals surface area contributed by atoms with Gasteiger partial charge in [-0.3, -0.25) is 4.72 Å². The third-order valence-corrected chi connectivity index (χ3v) is 4.53. The Bertz CT molecular complexity index is 665. The van der Waals surface area contributed by atoms with Gasteiger partial charge in [0.1, 0.15) is 0 Å². The van der Waals surface area contributed by atoms with Crippen molar-refractivity contribution in [2.75, 3.05) is 17.5 Å². The van der Waals surface area contributed by atoms with Crippen molar-refractivity contribution in [2.24, 2.45) is 4.99 Å². The number of unbranched alkanes of at least 4 members (excludes halogenated alkanes) is 3. The summed E-state index contributed by atoms with van der Waals surface area (Å²) in [6.45, 7) is 7.59. The molecule has 8 heteroatoms. The fraction of sp³-hybridized carbons (Fsp3) is 0.632. The van der Waals surface area contributed by atoms with Crippen LogP contribution in [0.1, 0.15) is 58.4 Å². The van der Waals surface area contributed by atoms with E-state index in [0.717, 1.165) is 30.7 Å². The van der Waals surface area contributed by atoms with Gasteiger partial charge in [-0.1, -0.05) is 50.8 Å². The summed E-state index contributed by atoms with van der Waals surface area (Å²) in [6.07, 6.45) is 7.26. The van der Waals surface area contributed by atoms with Crippen LogP contribution >= 0.6 is 24.0 Å². The minimum Gasteiger partial charge on any atom is -0.357 e. The quantitative estimate of drug-likeness (QED) is 0.181. The highest BCUT2D eigenvalue weighted by Crippen LogP contribution is 2.17. The average molecular weight is 510 g/mol. The zero-order valence-corrected chi connectivity index (χ0v) is 20.1. The number of aliphatic imine (C=N–C) groups is 1. The lowest BCUT2D eigenvalue weighted by molar-refractivity contribution is 0.537. The number of anilines is 1. The van der Waals surface area contributed by atoms with Gasteiger partial charge in [-0.15, -0.1) is 24.0 Å². The first-order chi connectivity index (χ1) is 12.4. The molecule has 1 atom stereocenters. The normalized spacial score (nSPS) is 12.8. The standard InChI is InChI=1S/C19H34N4O2S.HI/c1-5-7-8-9-12-16(3)22-19(20-6-2)21-15-17-13-10-11-14-18(17)23-26(4,24)25;/h10-11,13-14,16,23H,5-9,12,15H2,1-4H3,(H2,20,21,22);1H. The Morgan fingerprint density at radius 1 is 1.15 bits per heavy atom. The molecule has 1 rings (SSSR count). The van der Waals surface area contributed by atoms with Crippen LogP contribution in [0.15, 0.2) is 29.3 Å². The van der Waals surface area contributed by atoms with Gasteiger partial charge < -0.3 is 10.6 Å². The molecule has 1 unspecified atom stereocenters. The van der Waals surface area contributed by atoms with Crippen molar-refractivity contribution >= 4 is 45.6 Å². The Morgan fingerprint density at radius 2 is 1.85 bits per heavy atom. The van der Waals surface area contributed by atoms with Crippen molar-refractivity contribution in [3.05, 3.63) is 29.8 Å². The van der Waals surface area contributed by atoms with Crippen LogP contribution in [0.4, 0.5) is 5.69 Å². The molecule has 0 saturated heterocycles. The topological polar surface area (TPSA) is 82.6 Å². The van der Waals surface area contributed by atoms with E-state index in [1.807, 2.05) is 25.1 Å². The molecule has 0 amide bonds. The highest BCUT2D eigenvalue weighted by Gasteiger charge is 2.08. The lowest BCUT2D eigenvalue weighted by Crippen LogP contribution is -2.42. The Kier molecular flexibility index (Phi) is 13.5. The van der Waals surface area contributed by atoms with E-state index in [2.05, 4.69) is 34.2 Å². The zero-order chi connectivity index (χ0) is 19.4. The van der Waals surface area contributed by atoms with Crippen LogP contribution in [0.2, 0.25) is 0 Å². The smallest absolute Gasteiger partial charge is 0.229 e. The van der Waals surface area contributed by atoms with E-state index < -0.39 is 10.0 Å². The maximum atomic E-state index is 11.5. The van der Waals surface area contributed by atoms with Crippen molar-refractivity contribution in [3.8, 4) is 0 Å². The number of guanidine groups is 1. The summed E-state index contributed by atoms with van der Waals surface area (Å²) in [7, 11) is -3.31. The molecule has 0 fully saturated rings. The number of halogens is 1. The molecule has 0 aliphatic carbocycles. The van der Waals surface area contributed by atoms with Crippen LogP contribution in [0, 0.1) is 0 Å². The van der Waals surface area contributed by atoms with E-state index in [-0.39, 0.29) is 24.0 Å². The summed E-state index contributed by atoms with van der Waals surface area (Å²) < 4.78 is 25.6. The lowest BCUT2D eigenvalue weighted by atomic mass is 10.1. The van der Waals surface area contributed by atoms with E-state index >= 15 is 0 Å². The van der Waals surface area contributed by atoms with Crippen LogP contribution in [-0.2, 0) is 16.6 Å². The van der Waals surface area contributed by atoms with Crippen molar-refractivity contribution in [1.82, 2.24) is 10.6 Å². The van der Waals surface area contributed by atoms with Gasteiger partial charge in [0.05, 0.1) is 18.5 Å². The molecule has 0 saturated carbocycles. The fourth-order valence-corrected chi connectivity index (χ4v) is 3.22. The number of hydrogen-bond acceptors (Lipinski definition) is 3. The summed E-state index contributed by atoms with van der Waals surface area (Å²) in [5.41, 5.74) is 1.41. The van der Waals surface area contributed by atoms with Crippen LogP contribution in [-0.4, -0.2) is 33.2 Å². The molecule has 1 aromatic rings. The Morgan fingerprint density at radius 3 is 2.48 bits per heavy atom. The summed E-state index contributed by atoms with van der Waals surface area (Å²) in [6, 6.07) is 7.67. The first-order valence-corrected chi connectivity index (χ1v) is 11.3. The van der Waals surface area contributed by atoms with E-state index in [1.54, 1.807) is 6.07 Å². The second kappa shape index (κ2) is 14.0. The Labute approximate surface area is 182 Å². The summed E-state index contributed by atoms with van der Waals surface area (Å²) in [5.74, 6) is 0.754. The summed E-state index contributed by atoms with van der Waals surface area (Å²) >= 11 is 0. The van der Waals surface area contributed by atoms with E-state index in [0.29, 0.717) is 18.3 Å². The minimum atomic E-state index is -3.31. The Hall–Kier alpha value is -1.03. The molecule has 0 aromatic heterocycles. The van der Waals surface area contributed by atoms with Crippen LogP contribution in [0.25, 0.3) is 0 Å². The molecule has 1 aromatic carbocycles. The molecule has 0 aliphatic rings. The van der Waals surface area contributed by atoms with E-state index in [1.165, 1.54) is 25.7 Å². The van der Waals surface area contributed by atoms with Gasteiger partial charge in [-0.05, 0) is 31.9 Å². The summed E-state index contributed by atoms with van der Waals surface area (Å²) in [5, 5.41) is 6.69. The zero-order valence-electron chi connectivity index (χ0n) is 16.9. The van der Waals surface area contributed by atoms with Gasteiger partial charge in [0.2, 0.25) is 10.0 Å². The third kappa shape index (κ3) is 12.1. The molecular formula is C19H35IN4O2S. The predicted molar refractivity (Wildman–Crippen MR) is 126 cm³/mol. The molecule has 0 spiro atoms. The van der Waals surface area contributed by atoms with E-state index in [4.69, 9.17) is 0 Å². The van der Waals surface area contributed by atoms with Crippen molar-refractivity contribution in [1.29, 1.82) is 0 Å². The first-order valence-electron chi connectivity index (χ1n) is 9.46. The van der Waals surface area contributed by atoms with Gasteiger partial charge in [0.25, 0.3) is 0 Å². The monoisotopic (exact) mass is 510 g/mol. The van der Waals surface area contributed by atoms with E-state index in [9.17, 15) is 8.42 Å². The second-order valence-electron chi connectivity index (χ2n) is 6.62. The molecule has 0 bridgehead atoms. The molecule has 0 aliphatic heterocycles. The largest absolute Gasteiger partial charge is 0.357 e. The SMILES string of the molecule is CCCCCCC(C)NC(=NCc1ccccc1NS(C)(=O)=O)NCC.I. The van der Waals surface area contributed by atoms with Gasteiger partial charge in [0, 0.05) is 12.6 Å². The molecule has 27 heavy (non-hydrogen) atoms. The van der Waals surface area contributed by atoms with Crippen molar-refractivity contribution < 1.29 is 8.42 Å². The number of hydrogen-bond donors (Lipinski definition) is 3. The molecule has 156 valence electrons. The number of para-hydroxylation sites is 1. The number of nitrogens with one attached hydrogen (secondary N) is 3. The maximum absolute atomic E-state index is 11.5. The fourth-order valence-electron chi connectivity index (χ4n) is 2.62. The van der Waals surface area contributed by atoms with Gasteiger partial charge in [-0.25, -0.2) is 13.4 Å². The van der Waals surface area contributed by atoms with Gasteiger partial charge in [-0.2, -0.15) is 0 Å². The Balaban J connectivity index is 0.00000676. The second-order valence-corrected chi connectivity index (χ2v) is 8.37. The average Bonchev–Trinajstić information content (AvgIpc) is 2.56. The molecule has 6 nitrogen and oxygen atoms in total. The molecule has 0 heterocycles. The molecular weight excluding hydrogens is 475 g/mol. The number of benzene rings is 1. The van der Waals surface area contributed by atoms with Crippen molar-refractivity contribution in [3.63, 3.8) is 0 Å². The van der Waals surface area contributed by atoms with Gasteiger partial charge >= 0.3 is 0 Å². The third-order valence-electron chi connectivity index (χ3n) is 3.94. The maximum Gasteiger partial charge on any atom is 0.229 e. The highest BCUT2D eigenvalue weighted by atomic mass is 127. The van der Waals surface area contributed by atoms with Crippen LogP contribution in [0.3, 0.4) is 0 Å². The minimum absolute atomic E-state index is 0. The predicted octanol–water partition coefficient (Wildman–Crippen LogP) is 4.09. The lowest BCUT2D eigenvalue weighted by Gasteiger charge is -2.18. The highest BCUT2D eigenvalue weighted by molar-refractivity contribution is 14.0. The number of rotatable bonds is 11. The van der Waals surface area contributed by atoms with Crippen LogP contribution < -0.4 is 15.4 Å². The van der Waals surface area contributed by atoms with Gasteiger partial charge in [0.15, 0.2) is 5.96 Å². The van der Waals surface area contributed by atoms with Crippen LogP contribution in [0.5, 0.6) is 0 Å². The number of nitrogens with zero attached hydrogens (tertiary/aromatic N) is 1. The molecule has 0 radical (unpaired) electrons. The van der Waals surface area contributed by atoms with Crippen molar-refractivity contribution in [2.45, 2.75) is 65.5 Å². The summed E-state index contributed by atoms with van der Waals surface area (Å²) in [4.78, 5) is 4.62. The molecule has 3 N–H and O–H groups in total.